The van der Waals surface area contributed by atoms with Gasteiger partial charge in [0.25, 0.3) is 0 Å². The van der Waals surface area contributed by atoms with E-state index in [1.807, 2.05) is 0 Å². The molecule has 0 saturated heterocycles. The molecule has 3 heteroatoms. The molecule has 0 spiro atoms. The van der Waals surface area contributed by atoms with Crippen LogP contribution < -0.4 is 0 Å². The summed E-state index contributed by atoms with van der Waals surface area (Å²) in [5, 5.41) is 0. The van der Waals surface area contributed by atoms with Crippen LogP contribution in [0.3, 0.4) is 0 Å². The second kappa shape index (κ2) is 4.70. The Morgan fingerprint density at radius 2 is 1.94 bits per heavy atom. The van der Waals surface area contributed by atoms with Crippen molar-refractivity contribution in [2.45, 2.75) is 19.0 Å². The zero-order valence-electron chi connectivity index (χ0n) is 10.9. The highest BCUT2D eigenvalue weighted by Gasteiger charge is 2.26. The summed E-state index contributed by atoms with van der Waals surface area (Å²) in [5.41, 5.74) is 1.29. The van der Waals surface area contributed by atoms with E-state index in [1.54, 1.807) is 7.11 Å². The number of hydrogen-bond acceptors (Lipinski definition) is 3. The van der Waals surface area contributed by atoms with E-state index in [0.29, 0.717) is 6.04 Å². The van der Waals surface area contributed by atoms with E-state index in [2.05, 4.69) is 67.4 Å². The number of likely N-dealkylation sites (N-methyl/N-ethyl adjacent to an activating group) is 2. The van der Waals surface area contributed by atoms with E-state index in [1.165, 1.54) is 5.70 Å². The van der Waals surface area contributed by atoms with E-state index in [4.69, 9.17) is 4.74 Å². The van der Waals surface area contributed by atoms with Crippen molar-refractivity contribution >= 4 is 0 Å². The highest BCUT2D eigenvalue weighted by molar-refractivity contribution is 5.32. The second-order valence-corrected chi connectivity index (χ2v) is 4.49. The van der Waals surface area contributed by atoms with Gasteiger partial charge in [-0.1, -0.05) is 12.2 Å². The summed E-state index contributed by atoms with van der Waals surface area (Å²) in [6.45, 7) is 2.16. The van der Waals surface area contributed by atoms with Crippen molar-refractivity contribution in [1.82, 2.24) is 9.80 Å². The fourth-order valence-electron chi connectivity index (χ4n) is 2.28. The lowest BCUT2D eigenvalue weighted by molar-refractivity contribution is 0.190. The fourth-order valence-corrected chi connectivity index (χ4v) is 2.28. The van der Waals surface area contributed by atoms with Crippen LogP contribution in [-0.2, 0) is 4.74 Å². The molecule has 2 rings (SSSR count). The van der Waals surface area contributed by atoms with Gasteiger partial charge in [0, 0.05) is 19.8 Å². The predicted octanol–water partition coefficient (Wildman–Crippen LogP) is 2.12. The Morgan fingerprint density at radius 1 is 1.18 bits per heavy atom. The summed E-state index contributed by atoms with van der Waals surface area (Å²) in [4.78, 5) is 4.48. The zero-order valence-corrected chi connectivity index (χ0v) is 10.9. The average molecular weight is 232 g/mol. The Balaban J connectivity index is 2.27. The van der Waals surface area contributed by atoms with Gasteiger partial charge in [-0.25, -0.2) is 0 Å². The summed E-state index contributed by atoms with van der Waals surface area (Å²) in [7, 11) is 5.94. The molecule has 0 radical (unpaired) electrons. The van der Waals surface area contributed by atoms with Crippen molar-refractivity contribution in [2.75, 3.05) is 21.2 Å². The first-order chi connectivity index (χ1) is 8.15. The van der Waals surface area contributed by atoms with Gasteiger partial charge < -0.3 is 14.5 Å². The number of methoxy groups -OCH3 is 1. The lowest BCUT2D eigenvalue weighted by Gasteiger charge is -2.39. The number of allylic oxidation sites excluding steroid dienone is 4. The maximum Gasteiger partial charge on any atom is 0.118 e. The first-order valence-electron chi connectivity index (χ1n) is 5.90. The maximum absolute atomic E-state index is 5.37. The lowest BCUT2D eigenvalue weighted by Crippen LogP contribution is -2.41. The molecule has 0 saturated carbocycles. The zero-order chi connectivity index (χ0) is 12.4. The molecule has 2 aliphatic rings. The minimum absolute atomic E-state index is 0.285. The maximum atomic E-state index is 5.37. The molecule has 2 heterocycles. The molecule has 0 bridgehead atoms. The summed E-state index contributed by atoms with van der Waals surface area (Å²) in [6, 6.07) is 0.592. The highest BCUT2D eigenvalue weighted by Crippen LogP contribution is 2.26. The molecular formula is C14H20N2O. The molecular weight excluding hydrogens is 212 g/mol. The van der Waals surface area contributed by atoms with Crippen LogP contribution in [0.5, 0.6) is 0 Å². The van der Waals surface area contributed by atoms with Crippen LogP contribution in [0.4, 0.5) is 0 Å². The number of hydrogen-bond donors (Lipinski definition) is 0. The fraction of sp³-hybridized carbons (Fsp3) is 0.429. The number of ether oxygens (including phenoxy) is 1. The lowest BCUT2D eigenvalue weighted by atomic mass is 10.0. The van der Waals surface area contributed by atoms with Gasteiger partial charge in [0.2, 0.25) is 0 Å². The van der Waals surface area contributed by atoms with E-state index >= 15 is 0 Å². The highest BCUT2D eigenvalue weighted by atomic mass is 16.5. The normalized spacial score (nSPS) is 28.0. The third kappa shape index (κ3) is 2.09. The molecule has 92 valence electrons. The Labute approximate surface area is 103 Å². The standard InChI is InChI=1S/C14H20N2O/c1-11-14(17-4)9-8-13(16(11)3)12-7-5-6-10-15(12)2/h5-12H,1-4H3. The van der Waals surface area contributed by atoms with Crippen LogP contribution in [0.2, 0.25) is 0 Å². The molecule has 2 aliphatic heterocycles. The topological polar surface area (TPSA) is 15.7 Å². The Hall–Kier alpha value is -1.64. The monoisotopic (exact) mass is 232 g/mol. The molecule has 3 nitrogen and oxygen atoms in total. The van der Waals surface area contributed by atoms with Gasteiger partial charge in [-0.3, -0.25) is 0 Å². The van der Waals surface area contributed by atoms with Crippen molar-refractivity contribution in [3.63, 3.8) is 0 Å². The molecule has 0 fully saturated rings. The number of nitrogens with zero attached hydrogens (tertiary/aromatic N) is 2. The van der Waals surface area contributed by atoms with Gasteiger partial charge in [-0.15, -0.1) is 0 Å². The third-order valence-electron chi connectivity index (χ3n) is 3.52. The quantitative estimate of drug-likeness (QED) is 0.725. The van der Waals surface area contributed by atoms with E-state index in [9.17, 15) is 0 Å². The minimum atomic E-state index is 0.285. The summed E-state index contributed by atoms with van der Waals surface area (Å²) >= 11 is 0. The first-order valence-corrected chi connectivity index (χ1v) is 5.90. The van der Waals surface area contributed by atoms with E-state index in [0.717, 1.165) is 5.76 Å². The Bertz CT molecular complexity index is 406. The van der Waals surface area contributed by atoms with Gasteiger partial charge in [0.15, 0.2) is 0 Å². The smallest absolute Gasteiger partial charge is 0.118 e. The van der Waals surface area contributed by atoms with E-state index < -0.39 is 0 Å². The van der Waals surface area contributed by atoms with Crippen LogP contribution in [0.15, 0.2) is 48.0 Å². The summed E-state index contributed by atoms with van der Waals surface area (Å²) in [6.07, 6.45) is 12.7. The first kappa shape index (κ1) is 11.8. The van der Waals surface area contributed by atoms with E-state index in [-0.39, 0.29) is 6.04 Å². The van der Waals surface area contributed by atoms with Gasteiger partial charge in [0.1, 0.15) is 5.76 Å². The van der Waals surface area contributed by atoms with Crippen molar-refractivity contribution < 1.29 is 4.74 Å². The molecule has 17 heavy (non-hydrogen) atoms. The van der Waals surface area contributed by atoms with Crippen LogP contribution in [0, 0.1) is 0 Å². The van der Waals surface area contributed by atoms with Gasteiger partial charge in [-0.05, 0) is 31.4 Å². The number of rotatable bonds is 2. The average Bonchev–Trinajstić information content (AvgIpc) is 2.34. The van der Waals surface area contributed by atoms with Gasteiger partial charge in [-0.2, -0.15) is 0 Å². The van der Waals surface area contributed by atoms with Gasteiger partial charge in [0.05, 0.1) is 19.2 Å². The van der Waals surface area contributed by atoms with Crippen LogP contribution in [0.1, 0.15) is 6.92 Å². The summed E-state index contributed by atoms with van der Waals surface area (Å²) < 4.78 is 5.37. The molecule has 0 aromatic rings. The molecule has 2 atom stereocenters. The van der Waals surface area contributed by atoms with Crippen molar-refractivity contribution in [3.05, 3.63) is 48.0 Å². The van der Waals surface area contributed by atoms with Gasteiger partial charge >= 0.3 is 0 Å². The molecule has 0 amide bonds. The molecule has 0 N–H and O–H groups in total. The summed E-state index contributed by atoms with van der Waals surface area (Å²) in [5.74, 6) is 1.01. The van der Waals surface area contributed by atoms with Crippen LogP contribution in [0.25, 0.3) is 0 Å². The Morgan fingerprint density at radius 3 is 2.59 bits per heavy atom. The largest absolute Gasteiger partial charge is 0.499 e. The molecule has 0 aromatic carbocycles. The second-order valence-electron chi connectivity index (χ2n) is 4.49. The van der Waals surface area contributed by atoms with Crippen molar-refractivity contribution in [1.29, 1.82) is 0 Å². The predicted molar refractivity (Wildman–Crippen MR) is 70.2 cm³/mol. The molecule has 0 aromatic heterocycles. The molecule has 0 aliphatic carbocycles. The SMILES string of the molecule is COC1=CC=C(C2C=CC=CN2C)N(C)C1C. The van der Waals surface area contributed by atoms with Crippen LogP contribution in [-0.4, -0.2) is 43.1 Å². The third-order valence-corrected chi connectivity index (χ3v) is 3.52. The minimum Gasteiger partial charge on any atom is -0.499 e. The molecule has 2 unspecified atom stereocenters. The van der Waals surface area contributed by atoms with Crippen molar-refractivity contribution in [2.24, 2.45) is 0 Å². The van der Waals surface area contributed by atoms with Crippen molar-refractivity contribution in [3.8, 4) is 0 Å². The Kier molecular flexibility index (Phi) is 3.27. The van der Waals surface area contributed by atoms with Crippen LogP contribution >= 0.6 is 0 Å².